The summed E-state index contributed by atoms with van der Waals surface area (Å²) in [6, 6.07) is 7.65. The van der Waals surface area contributed by atoms with Crippen molar-refractivity contribution in [2.75, 3.05) is 6.61 Å². The van der Waals surface area contributed by atoms with E-state index in [1.54, 1.807) is 0 Å². The van der Waals surface area contributed by atoms with E-state index in [9.17, 15) is 4.79 Å². The second-order valence-corrected chi connectivity index (χ2v) is 5.39. The molecule has 1 amide bonds. The van der Waals surface area contributed by atoms with Crippen LogP contribution >= 0.6 is 0 Å². The highest BCUT2D eigenvalue weighted by Crippen LogP contribution is 2.20. The Morgan fingerprint density at radius 1 is 1.45 bits per heavy atom. The number of rotatable bonds is 4. The SMILES string of the molecule is Cc1cccc(OCC(=O)N/N=C2/CCCC[C@H]2C)c1. The molecule has 0 radical (unpaired) electrons. The van der Waals surface area contributed by atoms with Crippen molar-refractivity contribution in [2.24, 2.45) is 11.0 Å². The maximum Gasteiger partial charge on any atom is 0.277 e. The number of nitrogens with zero attached hydrogens (tertiary/aromatic N) is 1. The summed E-state index contributed by atoms with van der Waals surface area (Å²) in [5.41, 5.74) is 4.80. The third-order valence-corrected chi connectivity index (χ3v) is 3.57. The van der Waals surface area contributed by atoms with Crippen molar-refractivity contribution in [1.82, 2.24) is 5.43 Å². The lowest BCUT2D eigenvalue weighted by Gasteiger charge is -2.19. The van der Waals surface area contributed by atoms with Crippen molar-refractivity contribution >= 4 is 11.6 Å². The molecule has 1 fully saturated rings. The van der Waals surface area contributed by atoms with Gasteiger partial charge in [-0.25, -0.2) is 5.43 Å². The van der Waals surface area contributed by atoms with Gasteiger partial charge in [0.05, 0.1) is 0 Å². The summed E-state index contributed by atoms with van der Waals surface area (Å²) in [6.45, 7) is 4.14. The molecule has 0 heterocycles. The van der Waals surface area contributed by atoms with Gasteiger partial charge in [0.1, 0.15) is 5.75 Å². The number of amides is 1. The fourth-order valence-corrected chi connectivity index (χ4v) is 2.36. The number of hydrogen-bond acceptors (Lipinski definition) is 3. The molecule has 2 rings (SSSR count). The topological polar surface area (TPSA) is 50.7 Å². The van der Waals surface area contributed by atoms with E-state index >= 15 is 0 Å². The molecule has 0 spiro atoms. The number of nitrogens with one attached hydrogen (secondary N) is 1. The molecule has 0 aromatic heterocycles. The zero-order chi connectivity index (χ0) is 14.4. The number of carbonyl (C=O) groups excluding carboxylic acids is 1. The van der Waals surface area contributed by atoms with Crippen LogP contribution in [0.3, 0.4) is 0 Å². The summed E-state index contributed by atoms with van der Waals surface area (Å²) < 4.78 is 5.43. The van der Waals surface area contributed by atoms with Crippen LogP contribution in [0.2, 0.25) is 0 Å². The lowest BCUT2D eigenvalue weighted by molar-refractivity contribution is -0.123. The van der Waals surface area contributed by atoms with Crippen LogP contribution < -0.4 is 10.2 Å². The molecule has 1 aliphatic carbocycles. The third kappa shape index (κ3) is 4.37. The van der Waals surface area contributed by atoms with Crippen molar-refractivity contribution in [3.63, 3.8) is 0 Å². The minimum absolute atomic E-state index is 0.00534. The van der Waals surface area contributed by atoms with Crippen molar-refractivity contribution in [1.29, 1.82) is 0 Å². The van der Waals surface area contributed by atoms with Gasteiger partial charge in [0.25, 0.3) is 5.91 Å². The third-order valence-electron chi connectivity index (χ3n) is 3.57. The number of ether oxygens (including phenoxy) is 1. The number of aryl methyl sites for hydroxylation is 1. The largest absolute Gasteiger partial charge is 0.484 e. The van der Waals surface area contributed by atoms with Gasteiger partial charge in [0.15, 0.2) is 6.61 Å². The Labute approximate surface area is 120 Å². The summed E-state index contributed by atoms with van der Waals surface area (Å²) in [4.78, 5) is 11.7. The summed E-state index contributed by atoms with van der Waals surface area (Å²) in [7, 11) is 0. The van der Waals surface area contributed by atoms with Crippen molar-refractivity contribution in [3.05, 3.63) is 29.8 Å². The molecule has 20 heavy (non-hydrogen) atoms. The van der Waals surface area contributed by atoms with Crippen molar-refractivity contribution < 1.29 is 9.53 Å². The van der Waals surface area contributed by atoms with E-state index in [-0.39, 0.29) is 12.5 Å². The number of benzene rings is 1. The summed E-state index contributed by atoms with van der Waals surface area (Å²) in [6.07, 6.45) is 4.57. The van der Waals surface area contributed by atoms with Crippen LogP contribution in [-0.4, -0.2) is 18.2 Å². The molecule has 108 valence electrons. The molecule has 1 aromatic carbocycles. The standard InChI is InChI=1S/C16H22N2O2/c1-12-6-5-8-14(10-12)20-11-16(19)18-17-15-9-4-3-7-13(15)2/h5-6,8,10,13H,3-4,7,9,11H2,1-2H3,(H,18,19)/b17-15-/t13-/m1/s1. The summed E-state index contributed by atoms with van der Waals surface area (Å²) >= 11 is 0. The highest BCUT2D eigenvalue weighted by molar-refractivity contribution is 5.88. The van der Waals surface area contributed by atoms with E-state index in [2.05, 4.69) is 17.5 Å². The van der Waals surface area contributed by atoms with Crippen molar-refractivity contribution in [3.8, 4) is 5.75 Å². The smallest absolute Gasteiger partial charge is 0.277 e. The average molecular weight is 274 g/mol. The predicted molar refractivity (Wildman–Crippen MR) is 79.9 cm³/mol. The second kappa shape index (κ2) is 7.08. The van der Waals surface area contributed by atoms with Gasteiger partial charge in [-0.3, -0.25) is 4.79 Å². The van der Waals surface area contributed by atoms with E-state index in [1.807, 2.05) is 31.2 Å². The fourth-order valence-electron chi connectivity index (χ4n) is 2.36. The van der Waals surface area contributed by atoms with Crippen LogP contribution in [0, 0.1) is 12.8 Å². The van der Waals surface area contributed by atoms with Gasteiger partial charge in [-0.15, -0.1) is 0 Å². The molecule has 1 saturated carbocycles. The maximum atomic E-state index is 11.7. The van der Waals surface area contributed by atoms with E-state index < -0.39 is 0 Å². The Bertz CT molecular complexity index is 497. The quantitative estimate of drug-likeness (QED) is 0.858. The van der Waals surface area contributed by atoms with Gasteiger partial charge >= 0.3 is 0 Å². The van der Waals surface area contributed by atoms with E-state index in [1.165, 1.54) is 12.8 Å². The maximum absolute atomic E-state index is 11.7. The molecule has 4 nitrogen and oxygen atoms in total. The minimum atomic E-state index is -0.211. The average Bonchev–Trinajstić information content (AvgIpc) is 2.44. The number of carbonyl (C=O) groups is 1. The first-order chi connectivity index (χ1) is 9.65. The normalized spacial score (nSPS) is 20.7. The van der Waals surface area contributed by atoms with Crippen molar-refractivity contribution in [2.45, 2.75) is 39.5 Å². The van der Waals surface area contributed by atoms with Gasteiger partial charge in [-0.1, -0.05) is 25.5 Å². The first-order valence-corrected chi connectivity index (χ1v) is 7.20. The molecule has 1 atom stereocenters. The van der Waals surface area contributed by atoms with Gasteiger partial charge in [-0.05, 0) is 49.8 Å². The predicted octanol–water partition coefficient (Wildman–Crippen LogP) is 3.06. The van der Waals surface area contributed by atoms with Gasteiger partial charge in [0, 0.05) is 5.71 Å². The lowest BCUT2D eigenvalue weighted by Crippen LogP contribution is -2.28. The molecule has 0 bridgehead atoms. The first kappa shape index (κ1) is 14.6. The molecule has 0 unspecified atom stereocenters. The van der Waals surface area contributed by atoms with Gasteiger partial charge in [0.2, 0.25) is 0 Å². The van der Waals surface area contributed by atoms with Crippen LogP contribution in [0.25, 0.3) is 0 Å². The molecule has 0 saturated heterocycles. The Morgan fingerprint density at radius 3 is 3.05 bits per heavy atom. The van der Waals surface area contributed by atoms with Crippen LogP contribution in [0.5, 0.6) is 5.75 Å². The van der Waals surface area contributed by atoms with E-state index in [0.29, 0.717) is 11.7 Å². The molecular weight excluding hydrogens is 252 g/mol. The molecular formula is C16H22N2O2. The Morgan fingerprint density at radius 2 is 2.30 bits per heavy atom. The minimum Gasteiger partial charge on any atom is -0.484 e. The molecule has 4 heteroatoms. The molecule has 1 N–H and O–H groups in total. The Kier molecular flexibility index (Phi) is 5.16. The zero-order valence-corrected chi connectivity index (χ0v) is 12.2. The second-order valence-electron chi connectivity index (χ2n) is 5.39. The highest BCUT2D eigenvalue weighted by Gasteiger charge is 2.16. The molecule has 1 aliphatic rings. The Hall–Kier alpha value is -1.84. The van der Waals surface area contributed by atoms with Crippen LogP contribution in [0.4, 0.5) is 0 Å². The molecule has 0 aliphatic heterocycles. The van der Waals surface area contributed by atoms with Gasteiger partial charge < -0.3 is 4.74 Å². The van der Waals surface area contributed by atoms with Crippen LogP contribution in [-0.2, 0) is 4.79 Å². The van der Waals surface area contributed by atoms with E-state index in [4.69, 9.17) is 4.74 Å². The number of hydrogen-bond donors (Lipinski definition) is 1. The highest BCUT2D eigenvalue weighted by atomic mass is 16.5. The monoisotopic (exact) mass is 274 g/mol. The Balaban J connectivity index is 1.79. The van der Waals surface area contributed by atoms with Crippen LogP contribution in [0.15, 0.2) is 29.4 Å². The summed E-state index contributed by atoms with van der Waals surface area (Å²) in [5, 5.41) is 4.23. The van der Waals surface area contributed by atoms with E-state index in [0.717, 1.165) is 24.1 Å². The zero-order valence-electron chi connectivity index (χ0n) is 12.2. The van der Waals surface area contributed by atoms with Gasteiger partial charge in [-0.2, -0.15) is 5.10 Å². The molecule has 1 aromatic rings. The number of hydrazone groups is 1. The lowest BCUT2D eigenvalue weighted by atomic mass is 9.89. The fraction of sp³-hybridized carbons (Fsp3) is 0.500. The first-order valence-electron chi connectivity index (χ1n) is 7.20. The van der Waals surface area contributed by atoms with Crippen LogP contribution in [0.1, 0.15) is 38.2 Å². The summed E-state index contributed by atoms with van der Waals surface area (Å²) in [5.74, 6) is 0.970.